The van der Waals surface area contributed by atoms with Crippen molar-refractivity contribution in [2.75, 3.05) is 12.8 Å². The largest absolute Gasteiger partial charge is 0.366 e. The summed E-state index contributed by atoms with van der Waals surface area (Å²) in [5, 5.41) is 0. The Morgan fingerprint density at radius 1 is 1.44 bits per heavy atom. The van der Waals surface area contributed by atoms with Gasteiger partial charge in [0.25, 0.3) is 0 Å². The third-order valence-electron chi connectivity index (χ3n) is 2.67. The first-order valence-corrected chi connectivity index (χ1v) is 6.67. The number of sulfonamides is 1. The van der Waals surface area contributed by atoms with Gasteiger partial charge in [0.1, 0.15) is 0 Å². The van der Waals surface area contributed by atoms with Crippen molar-refractivity contribution in [3.8, 4) is 0 Å². The van der Waals surface area contributed by atoms with Gasteiger partial charge >= 0.3 is 0 Å². The smallest absolute Gasteiger partial charge is 0.250 e. The van der Waals surface area contributed by atoms with Gasteiger partial charge in [-0.15, -0.1) is 0 Å². The van der Waals surface area contributed by atoms with E-state index in [4.69, 9.17) is 5.73 Å². The SMILES string of the molecule is CS(=O)(=O)N1CCn2cc(C(N)=O)cc2C1. The van der Waals surface area contributed by atoms with Gasteiger partial charge < -0.3 is 10.3 Å². The van der Waals surface area contributed by atoms with Crippen molar-refractivity contribution < 1.29 is 13.2 Å². The summed E-state index contributed by atoms with van der Waals surface area (Å²) < 4.78 is 26.0. The highest BCUT2D eigenvalue weighted by molar-refractivity contribution is 7.88. The monoisotopic (exact) mass is 243 g/mol. The molecule has 0 aliphatic carbocycles. The molecule has 2 N–H and O–H groups in total. The molecule has 0 bridgehead atoms. The Bertz CT molecular complexity index is 532. The minimum absolute atomic E-state index is 0.298. The van der Waals surface area contributed by atoms with Gasteiger partial charge in [-0.05, 0) is 6.07 Å². The number of hydrogen-bond donors (Lipinski definition) is 1. The molecule has 0 saturated carbocycles. The maximum absolute atomic E-state index is 11.4. The van der Waals surface area contributed by atoms with E-state index < -0.39 is 15.9 Å². The molecular weight excluding hydrogens is 230 g/mol. The lowest BCUT2D eigenvalue weighted by atomic mass is 10.3. The number of carbonyl (C=O) groups excluding carboxylic acids is 1. The van der Waals surface area contributed by atoms with E-state index >= 15 is 0 Å². The lowest BCUT2D eigenvalue weighted by molar-refractivity contribution is 0.1000. The molecule has 0 aromatic carbocycles. The summed E-state index contributed by atoms with van der Waals surface area (Å²) >= 11 is 0. The van der Waals surface area contributed by atoms with E-state index in [0.29, 0.717) is 25.2 Å². The maximum Gasteiger partial charge on any atom is 0.250 e. The molecule has 7 heteroatoms. The van der Waals surface area contributed by atoms with Gasteiger partial charge in [-0.3, -0.25) is 4.79 Å². The molecule has 6 nitrogen and oxygen atoms in total. The van der Waals surface area contributed by atoms with Crippen molar-refractivity contribution in [2.24, 2.45) is 5.73 Å². The predicted octanol–water partition coefficient (Wildman–Crippen LogP) is -0.638. The van der Waals surface area contributed by atoms with Gasteiger partial charge in [0.15, 0.2) is 0 Å². The summed E-state index contributed by atoms with van der Waals surface area (Å²) in [4.78, 5) is 11.0. The lowest BCUT2D eigenvalue weighted by Crippen LogP contribution is -2.37. The number of aromatic nitrogens is 1. The van der Waals surface area contributed by atoms with Crippen molar-refractivity contribution in [3.63, 3.8) is 0 Å². The lowest BCUT2D eigenvalue weighted by Gasteiger charge is -2.26. The fourth-order valence-electron chi connectivity index (χ4n) is 1.79. The van der Waals surface area contributed by atoms with E-state index in [2.05, 4.69) is 0 Å². The molecule has 16 heavy (non-hydrogen) atoms. The molecular formula is C9H13N3O3S. The Hall–Kier alpha value is -1.34. The van der Waals surface area contributed by atoms with Crippen molar-refractivity contribution in [1.82, 2.24) is 8.87 Å². The second kappa shape index (κ2) is 3.60. The van der Waals surface area contributed by atoms with E-state index in [9.17, 15) is 13.2 Å². The van der Waals surface area contributed by atoms with Crippen LogP contribution in [0.25, 0.3) is 0 Å². The van der Waals surface area contributed by atoms with Crippen LogP contribution in [0, 0.1) is 0 Å². The Morgan fingerprint density at radius 2 is 2.12 bits per heavy atom. The van der Waals surface area contributed by atoms with Crippen LogP contribution in [0.15, 0.2) is 12.3 Å². The average molecular weight is 243 g/mol. The summed E-state index contributed by atoms with van der Waals surface area (Å²) in [5.41, 5.74) is 6.38. The van der Waals surface area contributed by atoms with Crippen LogP contribution in [-0.4, -0.2) is 36.0 Å². The third-order valence-corrected chi connectivity index (χ3v) is 3.92. The van der Waals surface area contributed by atoms with Crippen LogP contribution in [0.2, 0.25) is 0 Å². The van der Waals surface area contributed by atoms with Crippen molar-refractivity contribution in [3.05, 3.63) is 23.5 Å². The van der Waals surface area contributed by atoms with Crippen LogP contribution in [-0.2, 0) is 23.1 Å². The Balaban J connectivity index is 2.31. The van der Waals surface area contributed by atoms with Gasteiger partial charge in [0.05, 0.1) is 18.4 Å². The normalized spacial score (nSPS) is 17.1. The minimum atomic E-state index is -3.18. The van der Waals surface area contributed by atoms with Crippen LogP contribution in [0.1, 0.15) is 16.1 Å². The molecule has 2 rings (SSSR count). The fraction of sp³-hybridized carbons (Fsp3) is 0.444. The molecule has 0 spiro atoms. The maximum atomic E-state index is 11.4. The predicted molar refractivity (Wildman–Crippen MR) is 58.2 cm³/mol. The highest BCUT2D eigenvalue weighted by Crippen LogP contribution is 2.17. The molecule has 1 aliphatic rings. The van der Waals surface area contributed by atoms with E-state index in [1.807, 2.05) is 4.57 Å². The molecule has 0 fully saturated rings. The first-order chi connectivity index (χ1) is 7.38. The zero-order valence-corrected chi connectivity index (χ0v) is 9.70. The first-order valence-electron chi connectivity index (χ1n) is 4.82. The summed E-state index contributed by atoms with van der Waals surface area (Å²) in [6.07, 6.45) is 2.85. The van der Waals surface area contributed by atoms with Gasteiger partial charge in [0, 0.05) is 25.0 Å². The second-order valence-corrected chi connectivity index (χ2v) is 5.86. The number of nitrogens with two attached hydrogens (primary N) is 1. The number of hydrogen-bond acceptors (Lipinski definition) is 3. The van der Waals surface area contributed by atoms with Crippen molar-refractivity contribution in [1.29, 1.82) is 0 Å². The van der Waals surface area contributed by atoms with Gasteiger partial charge in [-0.25, -0.2) is 8.42 Å². The Morgan fingerprint density at radius 3 is 2.69 bits per heavy atom. The number of amides is 1. The van der Waals surface area contributed by atoms with Crippen LogP contribution in [0.4, 0.5) is 0 Å². The number of carbonyl (C=O) groups is 1. The van der Waals surface area contributed by atoms with Gasteiger partial charge in [-0.2, -0.15) is 4.31 Å². The average Bonchev–Trinajstić information content (AvgIpc) is 2.58. The van der Waals surface area contributed by atoms with E-state index in [1.165, 1.54) is 10.6 Å². The zero-order valence-electron chi connectivity index (χ0n) is 8.88. The highest BCUT2D eigenvalue weighted by atomic mass is 32.2. The number of rotatable bonds is 2. The van der Waals surface area contributed by atoms with Crippen LogP contribution >= 0.6 is 0 Å². The topological polar surface area (TPSA) is 85.4 Å². The Labute approximate surface area is 93.7 Å². The standard InChI is InChI=1S/C9H13N3O3S/c1-16(14,15)12-3-2-11-5-7(9(10)13)4-8(11)6-12/h4-5H,2-3,6H2,1H3,(H2,10,13). The molecule has 0 unspecified atom stereocenters. The zero-order chi connectivity index (χ0) is 11.9. The summed E-state index contributed by atoms with van der Waals surface area (Å²) in [5.74, 6) is -0.493. The molecule has 1 aromatic heterocycles. The fourth-order valence-corrected chi connectivity index (χ4v) is 2.57. The van der Waals surface area contributed by atoms with Crippen LogP contribution in [0.5, 0.6) is 0 Å². The van der Waals surface area contributed by atoms with Gasteiger partial charge in [-0.1, -0.05) is 0 Å². The molecule has 0 radical (unpaired) electrons. The summed E-state index contributed by atoms with van der Waals surface area (Å²) in [7, 11) is -3.18. The first kappa shape index (κ1) is 11.2. The molecule has 1 aliphatic heterocycles. The molecule has 1 amide bonds. The summed E-state index contributed by atoms with van der Waals surface area (Å²) in [6.45, 7) is 1.28. The summed E-state index contributed by atoms with van der Waals surface area (Å²) in [6, 6.07) is 1.64. The number of primary amides is 1. The quantitative estimate of drug-likeness (QED) is 0.750. The Kier molecular flexibility index (Phi) is 2.51. The molecule has 1 aromatic rings. The number of nitrogens with zero attached hydrogens (tertiary/aromatic N) is 2. The van der Waals surface area contributed by atoms with Crippen molar-refractivity contribution >= 4 is 15.9 Å². The van der Waals surface area contributed by atoms with Crippen molar-refractivity contribution in [2.45, 2.75) is 13.1 Å². The van der Waals surface area contributed by atoms with E-state index in [1.54, 1.807) is 12.3 Å². The third kappa shape index (κ3) is 1.96. The van der Waals surface area contributed by atoms with Crippen LogP contribution < -0.4 is 5.73 Å². The highest BCUT2D eigenvalue weighted by Gasteiger charge is 2.24. The minimum Gasteiger partial charge on any atom is -0.366 e. The molecule has 2 heterocycles. The molecule has 0 atom stereocenters. The second-order valence-electron chi connectivity index (χ2n) is 3.87. The van der Waals surface area contributed by atoms with Crippen LogP contribution in [0.3, 0.4) is 0 Å². The molecule has 0 saturated heterocycles. The molecule has 88 valence electrons. The van der Waals surface area contributed by atoms with Gasteiger partial charge in [0.2, 0.25) is 15.9 Å². The number of fused-ring (bicyclic) bond motifs is 1. The van der Waals surface area contributed by atoms with E-state index in [0.717, 1.165) is 5.69 Å². The van der Waals surface area contributed by atoms with E-state index in [-0.39, 0.29) is 0 Å².